The zero-order valence-corrected chi connectivity index (χ0v) is 10.9. The van der Waals surface area contributed by atoms with Gasteiger partial charge in [0.15, 0.2) is 0 Å². The monoisotopic (exact) mass is 235 g/mol. The van der Waals surface area contributed by atoms with E-state index >= 15 is 0 Å². The lowest BCUT2D eigenvalue weighted by atomic mass is 9.71. The highest BCUT2D eigenvalue weighted by atomic mass is 15.1. The first kappa shape index (κ1) is 12.9. The maximum absolute atomic E-state index is 8.50. The van der Waals surface area contributed by atoms with Gasteiger partial charge in [-0.3, -0.25) is 0 Å². The van der Waals surface area contributed by atoms with Gasteiger partial charge in [-0.15, -0.1) is 0 Å². The van der Waals surface area contributed by atoms with Crippen LogP contribution in [0.5, 0.6) is 0 Å². The Balaban J connectivity index is 1.65. The number of hydrogen-bond donors (Lipinski definition) is 1. The predicted molar refractivity (Wildman–Crippen MR) is 69.7 cm³/mol. The van der Waals surface area contributed by atoms with Crippen LogP contribution < -0.4 is 5.32 Å². The molecular formula is C14H25N3. The molecule has 2 aliphatic heterocycles. The van der Waals surface area contributed by atoms with Gasteiger partial charge in [-0.1, -0.05) is 0 Å². The Bertz CT molecular complexity index is 253. The Hall–Kier alpha value is -0.590. The number of nitriles is 1. The highest BCUT2D eigenvalue weighted by Crippen LogP contribution is 2.39. The fourth-order valence-electron chi connectivity index (χ4n) is 3.25. The molecule has 2 rings (SSSR count). The first-order chi connectivity index (χ1) is 8.35. The zero-order valence-electron chi connectivity index (χ0n) is 10.9. The number of piperidine rings is 2. The molecule has 2 fully saturated rings. The molecule has 1 N–H and O–H groups in total. The Morgan fingerprint density at radius 1 is 1.06 bits per heavy atom. The van der Waals surface area contributed by atoms with E-state index in [1.807, 2.05) is 0 Å². The van der Waals surface area contributed by atoms with Crippen LogP contribution in [0.15, 0.2) is 0 Å². The molecule has 0 unspecified atom stereocenters. The van der Waals surface area contributed by atoms with Gasteiger partial charge in [0.05, 0.1) is 6.07 Å². The third kappa shape index (κ3) is 3.69. The van der Waals surface area contributed by atoms with E-state index in [1.54, 1.807) is 0 Å². The van der Waals surface area contributed by atoms with Gasteiger partial charge in [0.1, 0.15) is 0 Å². The number of hydrogen-bond acceptors (Lipinski definition) is 3. The maximum atomic E-state index is 8.50. The van der Waals surface area contributed by atoms with Crippen LogP contribution in [0.1, 0.15) is 44.9 Å². The fraction of sp³-hybridized carbons (Fsp3) is 0.929. The molecule has 0 aromatic rings. The van der Waals surface area contributed by atoms with Crippen LogP contribution in [0.2, 0.25) is 0 Å². The van der Waals surface area contributed by atoms with Gasteiger partial charge in [0.25, 0.3) is 0 Å². The molecule has 2 saturated heterocycles. The van der Waals surface area contributed by atoms with Gasteiger partial charge >= 0.3 is 0 Å². The molecule has 0 saturated carbocycles. The lowest BCUT2D eigenvalue weighted by Gasteiger charge is -2.44. The summed E-state index contributed by atoms with van der Waals surface area (Å²) in [6, 6.07) is 2.23. The van der Waals surface area contributed by atoms with Crippen LogP contribution >= 0.6 is 0 Å². The molecule has 17 heavy (non-hydrogen) atoms. The largest absolute Gasteiger partial charge is 0.317 e. The summed E-state index contributed by atoms with van der Waals surface area (Å²) >= 11 is 0. The summed E-state index contributed by atoms with van der Waals surface area (Å²) in [4.78, 5) is 2.60. The molecule has 2 heterocycles. The third-order valence-corrected chi connectivity index (χ3v) is 4.59. The molecule has 2 aliphatic rings. The molecule has 0 aromatic carbocycles. The molecular weight excluding hydrogens is 210 g/mol. The van der Waals surface area contributed by atoms with Crippen LogP contribution in [0.4, 0.5) is 0 Å². The first-order valence-electron chi connectivity index (χ1n) is 7.15. The van der Waals surface area contributed by atoms with Gasteiger partial charge < -0.3 is 10.2 Å². The van der Waals surface area contributed by atoms with Crippen molar-refractivity contribution < 1.29 is 0 Å². The van der Waals surface area contributed by atoms with Crippen molar-refractivity contribution in [3.63, 3.8) is 0 Å². The Kier molecular flexibility index (Phi) is 4.82. The smallest absolute Gasteiger partial charge is 0.0621 e. The summed E-state index contributed by atoms with van der Waals surface area (Å²) in [5, 5.41) is 12.0. The predicted octanol–water partition coefficient (Wildman–Crippen LogP) is 2.15. The molecule has 1 spiro atoms. The Morgan fingerprint density at radius 2 is 1.76 bits per heavy atom. The van der Waals surface area contributed by atoms with E-state index in [0.29, 0.717) is 5.41 Å². The first-order valence-corrected chi connectivity index (χ1v) is 7.15. The maximum Gasteiger partial charge on any atom is 0.0621 e. The number of unbranched alkanes of at least 4 members (excludes halogenated alkanes) is 2. The Labute approximate surface area is 105 Å². The zero-order chi connectivity index (χ0) is 12.0. The lowest BCUT2D eigenvalue weighted by molar-refractivity contribution is 0.0732. The number of nitrogens with one attached hydrogen (secondary N) is 1. The molecule has 0 amide bonds. The third-order valence-electron chi connectivity index (χ3n) is 4.59. The summed E-state index contributed by atoms with van der Waals surface area (Å²) in [7, 11) is 0. The van der Waals surface area contributed by atoms with E-state index < -0.39 is 0 Å². The second-order valence-electron chi connectivity index (χ2n) is 5.71. The summed E-state index contributed by atoms with van der Waals surface area (Å²) in [6.45, 7) is 6.22. The van der Waals surface area contributed by atoms with E-state index in [2.05, 4.69) is 16.3 Å². The van der Waals surface area contributed by atoms with Crippen LogP contribution in [0.25, 0.3) is 0 Å². The van der Waals surface area contributed by atoms with Crippen molar-refractivity contribution in [2.45, 2.75) is 44.9 Å². The average Bonchev–Trinajstić information content (AvgIpc) is 2.38. The quantitative estimate of drug-likeness (QED) is 0.759. The molecule has 3 heteroatoms. The highest BCUT2D eigenvalue weighted by Gasteiger charge is 2.35. The number of rotatable bonds is 4. The SMILES string of the molecule is N#CCCCCN1CCC2(CCNCC2)CC1. The van der Waals surface area contributed by atoms with Crippen molar-refractivity contribution in [2.75, 3.05) is 32.7 Å². The number of likely N-dealkylation sites (tertiary alicyclic amines) is 1. The molecule has 0 aromatic heterocycles. The van der Waals surface area contributed by atoms with Gasteiger partial charge in [0.2, 0.25) is 0 Å². The fourth-order valence-corrected chi connectivity index (χ4v) is 3.25. The van der Waals surface area contributed by atoms with Gasteiger partial charge in [-0.2, -0.15) is 5.26 Å². The minimum absolute atomic E-state index is 0.675. The van der Waals surface area contributed by atoms with Crippen molar-refractivity contribution >= 4 is 0 Å². The minimum atomic E-state index is 0.675. The molecule has 0 radical (unpaired) electrons. The highest BCUT2D eigenvalue weighted by molar-refractivity contribution is 4.89. The van der Waals surface area contributed by atoms with E-state index in [4.69, 9.17) is 5.26 Å². The topological polar surface area (TPSA) is 39.1 Å². The van der Waals surface area contributed by atoms with E-state index in [-0.39, 0.29) is 0 Å². The molecule has 0 bridgehead atoms. The molecule has 3 nitrogen and oxygen atoms in total. The molecule has 0 aliphatic carbocycles. The summed E-state index contributed by atoms with van der Waals surface area (Å²) in [5.41, 5.74) is 0.675. The van der Waals surface area contributed by atoms with Crippen LogP contribution in [0.3, 0.4) is 0 Å². The second-order valence-corrected chi connectivity index (χ2v) is 5.71. The van der Waals surface area contributed by atoms with Crippen molar-refractivity contribution in [1.82, 2.24) is 10.2 Å². The van der Waals surface area contributed by atoms with Gasteiger partial charge in [0, 0.05) is 6.42 Å². The van der Waals surface area contributed by atoms with E-state index in [1.165, 1.54) is 64.8 Å². The average molecular weight is 235 g/mol. The standard InChI is InChI=1S/C14H25N3/c15-8-2-1-3-11-17-12-6-14(7-13-17)4-9-16-10-5-14/h16H,1-7,9-13H2. The summed E-state index contributed by atoms with van der Waals surface area (Å²) < 4.78 is 0. The van der Waals surface area contributed by atoms with Crippen molar-refractivity contribution in [2.24, 2.45) is 5.41 Å². The Morgan fingerprint density at radius 3 is 2.41 bits per heavy atom. The van der Waals surface area contributed by atoms with Crippen molar-refractivity contribution in [1.29, 1.82) is 5.26 Å². The van der Waals surface area contributed by atoms with E-state index in [0.717, 1.165) is 12.8 Å². The normalized spacial score (nSPS) is 24.6. The second kappa shape index (κ2) is 6.37. The lowest BCUT2D eigenvalue weighted by Crippen LogP contribution is -2.45. The van der Waals surface area contributed by atoms with Gasteiger partial charge in [-0.25, -0.2) is 0 Å². The van der Waals surface area contributed by atoms with E-state index in [9.17, 15) is 0 Å². The van der Waals surface area contributed by atoms with Crippen LogP contribution in [0, 0.1) is 16.7 Å². The number of nitrogens with zero attached hydrogens (tertiary/aromatic N) is 2. The molecule has 96 valence electrons. The molecule has 0 atom stereocenters. The summed E-state index contributed by atoms with van der Waals surface area (Å²) in [6.07, 6.45) is 8.55. The van der Waals surface area contributed by atoms with Crippen LogP contribution in [-0.4, -0.2) is 37.6 Å². The van der Waals surface area contributed by atoms with Crippen LogP contribution in [-0.2, 0) is 0 Å². The van der Waals surface area contributed by atoms with Crippen molar-refractivity contribution in [3.8, 4) is 6.07 Å². The van der Waals surface area contributed by atoms with Crippen molar-refractivity contribution in [3.05, 3.63) is 0 Å². The van der Waals surface area contributed by atoms with Gasteiger partial charge in [-0.05, 0) is 76.7 Å². The minimum Gasteiger partial charge on any atom is -0.317 e. The summed E-state index contributed by atoms with van der Waals surface area (Å²) in [5.74, 6) is 0.